The van der Waals surface area contributed by atoms with E-state index in [1.54, 1.807) is 0 Å². The Hall–Kier alpha value is -2.97. The summed E-state index contributed by atoms with van der Waals surface area (Å²) in [4.78, 5) is 21.3. The summed E-state index contributed by atoms with van der Waals surface area (Å²) in [7, 11) is 0. The Morgan fingerprint density at radius 1 is 1.18 bits per heavy atom. The largest absolute Gasteiger partial charge is 0.573 e. The van der Waals surface area contributed by atoms with E-state index in [4.69, 9.17) is 0 Å². The molecule has 1 aliphatic rings. The van der Waals surface area contributed by atoms with Gasteiger partial charge in [-0.05, 0) is 19.1 Å². The van der Waals surface area contributed by atoms with Gasteiger partial charge >= 0.3 is 12.7 Å². The number of aromatic nitrogens is 2. The molecular formula is C18H16F8N4O3. The third kappa shape index (κ3) is 6.30. The zero-order chi connectivity index (χ0) is 24.6. The van der Waals surface area contributed by atoms with Crippen LogP contribution in [0.25, 0.3) is 10.9 Å². The molecule has 0 aliphatic carbocycles. The number of carbonyl (C=O) groups is 1. The van der Waals surface area contributed by atoms with Gasteiger partial charge in [-0.25, -0.2) is 18.7 Å². The number of alkyl halides is 8. The summed E-state index contributed by atoms with van der Waals surface area (Å²) >= 11 is 0. The molecule has 1 aromatic heterocycles. The van der Waals surface area contributed by atoms with Gasteiger partial charge in [0.15, 0.2) is 0 Å². The zero-order valence-electron chi connectivity index (χ0n) is 16.6. The topological polar surface area (TPSA) is 76.6 Å². The monoisotopic (exact) mass is 488 g/mol. The molecule has 0 radical (unpaired) electrons. The Balaban J connectivity index is 1.80. The van der Waals surface area contributed by atoms with E-state index in [0.29, 0.717) is 0 Å². The molecule has 1 aromatic carbocycles. The molecule has 7 nitrogen and oxygen atoms in total. The Kier molecular flexibility index (Phi) is 6.81. The first kappa shape index (κ1) is 24.7. The minimum atomic E-state index is -4.95. The molecule has 0 saturated carbocycles. The number of anilines is 1. The molecule has 2 heterocycles. The van der Waals surface area contributed by atoms with Gasteiger partial charge in [0.2, 0.25) is 12.3 Å². The van der Waals surface area contributed by atoms with Crippen molar-refractivity contribution in [2.24, 2.45) is 0 Å². The molecular weight excluding hydrogens is 472 g/mol. The fraction of sp³-hybridized carbons (Fsp3) is 0.500. The lowest BCUT2D eigenvalue weighted by Crippen LogP contribution is -2.65. The van der Waals surface area contributed by atoms with Crippen LogP contribution >= 0.6 is 0 Å². The first-order valence-electron chi connectivity index (χ1n) is 9.33. The number of rotatable bonds is 7. The lowest BCUT2D eigenvalue weighted by molar-refractivity contribution is -0.359. The second-order valence-corrected chi connectivity index (χ2v) is 7.11. The van der Waals surface area contributed by atoms with Crippen LogP contribution in [0.5, 0.6) is 5.75 Å². The number of hydrogen-bond acceptors (Lipinski definition) is 6. The van der Waals surface area contributed by atoms with Gasteiger partial charge in [0.25, 0.3) is 0 Å². The highest BCUT2D eigenvalue weighted by Crippen LogP contribution is 2.31. The number of benzene rings is 1. The lowest BCUT2D eigenvalue weighted by atomic mass is 9.98. The molecule has 182 valence electrons. The number of likely N-dealkylation sites (tertiary alicyclic amines) is 1. The van der Waals surface area contributed by atoms with Crippen molar-refractivity contribution in [3.63, 3.8) is 0 Å². The SMILES string of the molecule is C[C@H]1[C@@H](OC(F)(F)F)CN1C(=O)[C@H](CC(F)F)Nc1ncnc2cc(OC(F)(F)F)ccc12. The molecule has 3 rings (SSSR count). The van der Waals surface area contributed by atoms with Crippen molar-refractivity contribution < 1.29 is 49.4 Å². The maximum absolute atomic E-state index is 13.1. The number of carbonyl (C=O) groups excluding carboxylic acids is 1. The highest BCUT2D eigenvalue weighted by Gasteiger charge is 2.47. The quantitative estimate of drug-likeness (QED) is 0.592. The summed E-state index contributed by atoms with van der Waals surface area (Å²) in [5, 5.41) is 2.61. The Morgan fingerprint density at radius 2 is 1.88 bits per heavy atom. The van der Waals surface area contributed by atoms with Crippen molar-refractivity contribution in [2.45, 2.75) is 50.7 Å². The van der Waals surface area contributed by atoms with E-state index in [-0.39, 0.29) is 16.7 Å². The predicted molar refractivity (Wildman–Crippen MR) is 96.4 cm³/mol. The standard InChI is InChI=1S/C18H16F8N4O3/c1-8-13(33-18(24,25)26)6-30(8)16(31)12(5-14(19)20)29-15-10-3-2-9(32-17(21,22)23)4-11(10)27-7-28-15/h2-4,7-8,12-14H,5-6H2,1H3,(H,27,28,29)/t8-,12-,13-/m0/s1. The van der Waals surface area contributed by atoms with E-state index < -0.39 is 62.0 Å². The molecule has 15 heteroatoms. The Bertz CT molecular complexity index is 1000. The molecule has 1 aliphatic heterocycles. The molecule has 0 unspecified atom stereocenters. The molecule has 1 fully saturated rings. The fourth-order valence-corrected chi connectivity index (χ4v) is 3.29. The maximum atomic E-state index is 13.1. The number of nitrogens with zero attached hydrogens (tertiary/aromatic N) is 3. The smallest absolute Gasteiger partial charge is 0.406 e. The van der Waals surface area contributed by atoms with Crippen molar-refractivity contribution in [1.29, 1.82) is 0 Å². The lowest BCUT2D eigenvalue weighted by Gasteiger charge is -2.47. The van der Waals surface area contributed by atoms with Gasteiger partial charge in [0.05, 0.1) is 11.6 Å². The average molecular weight is 488 g/mol. The third-order valence-electron chi connectivity index (χ3n) is 4.84. The summed E-state index contributed by atoms with van der Waals surface area (Å²) in [6, 6.07) is 0.428. The van der Waals surface area contributed by atoms with Gasteiger partial charge in [-0.2, -0.15) is 0 Å². The maximum Gasteiger partial charge on any atom is 0.573 e. The first-order chi connectivity index (χ1) is 15.2. The van der Waals surface area contributed by atoms with Crippen molar-refractivity contribution in [3.05, 3.63) is 24.5 Å². The van der Waals surface area contributed by atoms with E-state index in [2.05, 4.69) is 24.8 Å². The number of amides is 1. The van der Waals surface area contributed by atoms with Gasteiger partial charge in [0.1, 0.15) is 30.0 Å². The van der Waals surface area contributed by atoms with E-state index in [0.717, 1.165) is 29.4 Å². The van der Waals surface area contributed by atoms with Crippen LogP contribution in [0.4, 0.5) is 40.9 Å². The summed E-state index contributed by atoms with van der Waals surface area (Å²) in [5.74, 6) is -1.62. The van der Waals surface area contributed by atoms with Gasteiger partial charge in [-0.3, -0.25) is 9.53 Å². The number of hydrogen-bond donors (Lipinski definition) is 1. The minimum Gasteiger partial charge on any atom is -0.406 e. The van der Waals surface area contributed by atoms with Crippen LogP contribution in [0.3, 0.4) is 0 Å². The highest BCUT2D eigenvalue weighted by molar-refractivity contribution is 5.93. The van der Waals surface area contributed by atoms with Crippen LogP contribution in [-0.2, 0) is 9.53 Å². The fourth-order valence-electron chi connectivity index (χ4n) is 3.29. The number of fused-ring (bicyclic) bond motifs is 1. The molecule has 3 atom stereocenters. The molecule has 2 aromatic rings. The molecule has 0 spiro atoms. The molecule has 0 bridgehead atoms. The summed E-state index contributed by atoms with van der Waals surface area (Å²) in [6.07, 6.45) is -14.2. The normalized spacial score (nSPS) is 20.0. The van der Waals surface area contributed by atoms with E-state index >= 15 is 0 Å². The Morgan fingerprint density at radius 3 is 2.45 bits per heavy atom. The molecule has 1 saturated heterocycles. The van der Waals surface area contributed by atoms with Crippen molar-refractivity contribution >= 4 is 22.6 Å². The van der Waals surface area contributed by atoms with Gasteiger partial charge in [0, 0.05) is 24.4 Å². The summed E-state index contributed by atoms with van der Waals surface area (Å²) in [5.41, 5.74) is -0.0338. The van der Waals surface area contributed by atoms with E-state index in [1.165, 1.54) is 6.92 Å². The van der Waals surface area contributed by atoms with Crippen LogP contribution < -0.4 is 10.1 Å². The van der Waals surface area contributed by atoms with Crippen molar-refractivity contribution in [2.75, 3.05) is 11.9 Å². The van der Waals surface area contributed by atoms with Crippen LogP contribution in [0.2, 0.25) is 0 Å². The minimum absolute atomic E-state index is 0.0338. The molecule has 1 amide bonds. The summed E-state index contributed by atoms with van der Waals surface area (Å²) in [6.45, 7) is 0.823. The summed E-state index contributed by atoms with van der Waals surface area (Å²) < 4.78 is 108. The van der Waals surface area contributed by atoms with E-state index in [9.17, 15) is 39.9 Å². The second kappa shape index (κ2) is 9.11. The third-order valence-corrected chi connectivity index (χ3v) is 4.84. The van der Waals surface area contributed by atoms with Crippen molar-refractivity contribution in [1.82, 2.24) is 14.9 Å². The highest BCUT2D eigenvalue weighted by atomic mass is 19.4. The zero-order valence-corrected chi connectivity index (χ0v) is 16.6. The van der Waals surface area contributed by atoms with Crippen LogP contribution in [0.1, 0.15) is 13.3 Å². The number of ether oxygens (including phenoxy) is 2. The van der Waals surface area contributed by atoms with E-state index in [1.807, 2.05) is 0 Å². The predicted octanol–water partition coefficient (Wildman–Crippen LogP) is 4.10. The Labute approximate surface area is 180 Å². The molecule has 33 heavy (non-hydrogen) atoms. The van der Waals surface area contributed by atoms with Crippen LogP contribution in [0, 0.1) is 0 Å². The van der Waals surface area contributed by atoms with Crippen LogP contribution in [-0.4, -0.2) is 64.7 Å². The molecule has 1 N–H and O–H groups in total. The van der Waals surface area contributed by atoms with Gasteiger partial charge in [-0.1, -0.05) is 0 Å². The first-order valence-corrected chi connectivity index (χ1v) is 9.33. The van der Waals surface area contributed by atoms with Gasteiger partial charge < -0.3 is 15.0 Å². The number of halogens is 8. The number of nitrogens with one attached hydrogen (secondary N) is 1. The van der Waals surface area contributed by atoms with Crippen LogP contribution in [0.15, 0.2) is 24.5 Å². The average Bonchev–Trinajstić information content (AvgIpc) is 2.67. The second-order valence-electron chi connectivity index (χ2n) is 7.11. The van der Waals surface area contributed by atoms with Gasteiger partial charge in [-0.15, -0.1) is 26.3 Å². The van der Waals surface area contributed by atoms with Crippen molar-refractivity contribution in [3.8, 4) is 5.75 Å².